The third-order valence-electron chi connectivity index (χ3n) is 6.76. The Bertz CT molecular complexity index is 1820. The minimum atomic E-state index is -4.14. The van der Waals surface area contributed by atoms with Crippen LogP contribution in [0.3, 0.4) is 0 Å². The van der Waals surface area contributed by atoms with E-state index in [4.69, 9.17) is 27.9 Å². The maximum Gasteiger partial charge on any atom is 0.261 e. The molecule has 0 saturated carbocycles. The number of ether oxygens (including phenoxy) is 1. The molecule has 1 N–H and O–H groups in total. The molecule has 1 aliphatic heterocycles. The van der Waals surface area contributed by atoms with Crippen LogP contribution in [0.4, 0.5) is 5.69 Å². The summed E-state index contributed by atoms with van der Waals surface area (Å²) in [5.41, 5.74) is 0.822. The van der Waals surface area contributed by atoms with E-state index in [2.05, 4.69) is 4.72 Å². The minimum absolute atomic E-state index is 0.00461. The molecule has 0 aromatic heterocycles. The van der Waals surface area contributed by atoms with Crippen LogP contribution in [-0.4, -0.2) is 45.2 Å². The van der Waals surface area contributed by atoms with Crippen molar-refractivity contribution in [1.29, 1.82) is 0 Å². The summed E-state index contributed by atoms with van der Waals surface area (Å²) in [6.07, 6.45) is 0.283. The van der Waals surface area contributed by atoms with E-state index in [-0.39, 0.29) is 45.6 Å². The first-order valence-electron chi connectivity index (χ1n) is 12.9. The molecule has 218 valence electrons. The van der Waals surface area contributed by atoms with Gasteiger partial charge in [0.1, 0.15) is 11.5 Å². The number of benzene rings is 4. The lowest BCUT2D eigenvalue weighted by Gasteiger charge is -2.29. The molecule has 4 aromatic rings. The molecule has 0 unspecified atom stereocenters. The van der Waals surface area contributed by atoms with Crippen LogP contribution >= 0.6 is 23.2 Å². The van der Waals surface area contributed by atoms with Crippen molar-refractivity contribution in [2.24, 2.45) is 0 Å². The Morgan fingerprint density at radius 2 is 1.62 bits per heavy atom. The summed E-state index contributed by atoms with van der Waals surface area (Å²) < 4.78 is 59.6. The van der Waals surface area contributed by atoms with E-state index in [1.807, 2.05) is 30.3 Å². The molecule has 1 fully saturated rings. The molecule has 12 heteroatoms. The van der Waals surface area contributed by atoms with Crippen molar-refractivity contribution in [2.75, 3.05) is 16.2 Å². The Morgan fingerprint density at radius 3 is 2.29 bits per heavy atom. The summed E-state index contributed by atoms with van der Waals surface area (Å²) in [5.74, 6) is 0.0709. The summed E-state index contributed by atoms with van der Waals surface area (Å²) in [7, 11) is -7.45. The summed E-state index contributed by atoms with van der Waals surface area (Å²) in [6, 6.07) is 25.5. The molecule has 0 radical (unpaired) electrons. The van der Waals surface area contributed by atoms with Crippen molar-refractivity contribution in [3.63, 3.8) is 0 Å². The van der Waals surface area contributed by atoms with Crippen LogP contribution in [0.15, 0.2) is 102 Å². The van der Waals surface area contributed by atoms with Gasteiger partial charge < -0.3 is 9.64 Å². The van der Waals surface area contributed by atoms with Crippen molar-refractivity contribution >= 4 is 54.7 Å². The third-order valence-corrected chi connectivity index (χ3v) is 10.4. The highest BCUT2D eigenvalue weighted by Crippen LogP contribution is 2.31. The Hall–Kier alpha value is -3.57. The van der Waals surface area contributed by atoms with Crippen LogP contribution in [0.1, 0.15) is 22.3 Å². The number of halogens is 2. The van der Waals surface area contributed by atoms with Gasteiger partial charge in [0, 0.05) is 17.6 Å². The lowest BCUT2D eigenvalue weighted by atomic mass is 10.1. The van der Waals surface area contributed by atoms with E-state index in [0.29, 0.717) is 16.5 Å². The number of amides is 1. The van der Waals surface area contributed by atoms with Crippen LogP contribution in [0, 0.1) is 0 Å². The van der Waals surface area contributed by atoms with Gasteiger partial charge in [0.15, 0.2) is 9.84 Å². The molecular formula is C30H26Cl2N2O6S2. The molecule has 8 nitrogen and oxygen atoms in total. The van der Waals surface area contributed by atoms with E-state index in [0.717, 1.165) is 5.56 Å². The fraction of sp³-hybridized carbons (Fsp3) is 0.167. The van der Waals surface area contributed by atoms with Crippen molar-refractivity contribution in [1.82, 2.24) is 4.90 Å². The third kappa shape index (κ3) is 7.07. The second kappa shape index (κ2) is 12.3. The number of para-hydroxylation sites is 1. The molecule has 1 atom stereocenters. The smallest absolute Gasteiger partial charge is 0.261 e. The van der Waals surface area contributed by atoms with Gasteiger partial charge in [0.05, 0.1) is 32.7 Å². The number of nitrogens with one attached hydrogen (secondary N) is 1. The van der Waals surface area contributed by atoms with Crippen LogP contribution < -0.4 is 9.46 Å². The van der Waals surface area contributed by atoms with Crippen molar-refractivity contribution in [3.8, 4) is 11.5 Å². The monoisotopic (exact) mass is 644 g/mol. The van der Waals surface area contributed by atoms with Gasteiger partial charge in [0.2, 0.25) is 0 Å². The van der Waals surface area contributed by atoms with Crippen LogP contribution in [0.5, 0.6) is 11.5 Å². The molecule has 1 amide bonds. The van der Waals surface area contributed by atoms with Crippen molar-refractivity contribution in [3.05, 3.63) is 118 Å². The molecule has 0 bridgehead atoms. The summed E-state index contributed by atoms with van der Waals surface area (Å²) in [6.45, 7) is 0.144. The Labute approximate surface area is 254 Å². The fourth-order valence-corrected chi connectivity index (χ4v) is 7.81. The van der Waals surface area contributed by atoms with Gasteiger partial charge in [-0.15, -0.1) is 0 Å². The zero-order chi connectivity index (χ0) is 29.9. The van der Waals surface area contributed by atoms with Gasteiger partial charge in [0.25, 0.3) is 15.9 Å². The molecule has 1 heterocycles. The number of hydrogen-bond donors (Lipinski definition) is 1. The van der Waals surface area contributed by atoms with E-state index in [9.17, 15) is 21.6 Å². The molecule has 4 aromatic carbocycles. The predicted octanol–water partition coefficient (Wildman–Crippen LogP) is 6.42. The Balaban J connectivity index is 1.42. The number of sulfone groups is 1. The lowest BCUT2D eigenvalue weighted by Crippen LogP contribution is -2.41. The maximum absolute atomic E-state index is 14.0. The van der Waals surface area contributed by atoms with Crippen LogP contribution in [0.2, 0.25) is 10.0 Å². The van der Waals surface area contributed by atoms with E-state index >= 15 is 0 Å². The second-order valence-corrected chi connectivity index (χ2v) is 14.5. The second-order valence-electron chi connectivity index (χ2n) is 9.77. The van der Waals surface area contributed by atoms with E-state index in [1.54, 1.807) is 24.3 Å². The molecule has 42 heavy (non-hydrogen) atoms. The first-order chi connectivity index (χ1) is 20.0. The number of carbonyl (C=O) groups excluding carboxylic acids is 1. The molecular weight excluding hydrogens is 619 g/mol. The van der Waals surface area contributed by atoms with Gasteiger partial charge in [-0.1, -0.05) is 65.7 Å². The molecule has 0 spiro atoms. The number of sulfonamides is 1. The Morgan fingerprint density at radius 1 is 0.929 bits per heavy atom. The van der Waals surface area contributed by atoms with E-state index < -0.39 is 31.8 Å². The molecule has 0 aliphatic carbocycles. The van der Waals surface area contributed by atoms with Gasteiger partial charge in [-0.3, -0.25) is 9.52 Å². The van der Waals surface area contributed by atoms with Gasteiger partial charge >= 0.3 is 0 Å². The average molecular weight is 646 g/mol. The molecule has 5 rings (SSSR count). The van der Waals surface area contributed by atoms with Crippen molar-refractivity contribution < 1.29 is 26.4 Å². The maximum atomic E-state index is 14.0. The number of anilines is 1. The molecule has 1 saturated heterocycles. The zero-order valence-electron chi connectivity index (χ0n) is 22.1. The fourth-order valence-electron chi connectivity index (χ4n) is 4.65. The summed E-state index contributed by atoms with van der Waals surface area (Å²) >= 11 is 12.4. The normalized spacial score (nSPS) is 16.1. The quantitative estimate of drug-likeness (QED) is 0.225. The van der Waals surface area contributed by atoms with Crippen molar-refractivity contribution in [2.45, 2.75) is 23.9 Å². The first-order valence-corrected chi connectivity index (χ1v) is 17.0. The lowest BCUT2D eigenvalue weighted by molar-refractivity contribution is 0.0682. The van der Waals surface area contributed by atoms with Gasteiger partial charge in [-0.25, -0.2) is 16.8 Å². The first kappa shape index (κ1) is 29.9. The topological polar surface area (TPSA) is 110 Å². The Kier molecular flexibility index (Phi) is 8.79. The summed E-state index contributed by atoms with van der Waals surface area (Å²) in [5, 5.41) is 0.633. The SMILES string of the molecule is O=C(c1cc(Cl)ccc1NS(=O)(=O)c1ccc(Oc2ccccc2Cl)cc1)N(Cc1ccccc1)[C@H]1CCS(=O)(=O)C1. The number of rotatable bonds is 9. The standard InChI is InChI=1S/C30H26Cl2N2O6S2/c31-22-10-15-28(33-42(38,39)25-13-11-24(12-14-25)40-29-9-5-4-8-27(29)32)26(18-22)30(35)34(19-21-6-2-1-3-7-21)23-16-17-41(36,37)20-23/h1-15,18,23,33H,16-17,19-20H2/t23-/m0/s1. The molecule has 1 aliphatic rings. The van der Waals surface area contributed by atoms with Gasteiger partial charge in [-0.05, 0) is 66.6 Å². The minimum Gasteiger partial charge on any atom is -0.456 e. The average Bonchev–Trinajstić information content (AvgIpc) is 3.33. The predicted molar refractivity (Wildman–Crippen MR) is 164 cm³/mol. The number of hydrogen-bond acceptors (Lipinski definition) is 6. The largest absolute Gasteiger partial charge is 0.456 e. The van der Waals surface area contributed by atoms with Crippen LogP contribution in [0.25, 0.3) is 0 Å². The highest BCUT2D eigenvalue weighted by Gasteiger charge is 2.36. The van der Waals surface area contributed by atoms with E-state index in [1.165, 1.54) is 47.4 Å². The number of carbonyl (C=O) groups is 1. The van der Waals surface area contributed by atoms with Crippen LogP contribution in [-0.2, 0) is 26.4 Å². The summed E-state index contributed by atoms with van der Waals surface area (Å²) in [4.78, 5) is 15.4. The zero-order valence-corrected chi connectivity index (χ0v) is 25.3. The number of nitrogens with zero attached hydrogens (tertiary/aromatic N) is 1. The highest BCUT2D eigenvalue weighted by atomic mass is 35.5. The van der Waals surface area contributed by atoms with Gasteiger partial charge in [-0.2, -0.15) is 0 Å². The highest BCUT2D eigenvalue weighted by molar-refractivity contribution is 7.92.